The molecular formula is C13H12N2O6. The number of nitrogens with zero attached hydrogens (tertiary/aromatic N) is 1. The van der Waals surface area contributed by atoms with Crippen LogP contribution in [0.3, 0.4) is 0 Å². The molecule has 110 valence electrons. The fourth-order valence-corrected chi connectivity index (χ4v) is 1.88. The monoisotopic (exact) mass is 292 g/mol. The van der Waals surface area contributed by atoms with Crippen LogP contribution in [0, 0.1) is 10.1 Å². The second-order valence-electron chi connectivity index (χ2n) is 4.49. The van der Waals surface area contributed by atoms with Crippen LogP contribution in [-0.4, -0.2) is 35.2 Å². The average molecular weight is 292 g/mol. The van der Waals surface area contributed by atoms with Crippen molar-refractivity contribution in [3.63, 3.8) is 0 Å². The first kappa shape index (κ1) is 14.6. The van der Waals surface area contributed by atoms with Gasteiger partial charge in [0.25, 0.3) is 5.69 Å². The van der Waals surface area contributed by atoms with E-state index in [1.165, 1.54) is 24.3 Å². The molecule has 8 heteroatoms. The smallest absolute Gasteiger partial charge is 0.329 e. The molecule has 8 nitrogen and oxygen atoms in total. The molecule has 1 N–H and O–H groups in total. The van der Waals surface area contributed by atoms with Crippen LogP contribution in [0.1, 0.15) is 23.2 Å². The number of ether oxygens (including phenoxy) is 1. The predicted molar refractivity (Wildman–Crippen MR) is 69.6 cm³/mol. The molecule has 1 fully saturated rings. The molecule has 1 aromatic rings. The lowest BCUT2D eigenvalue weighted by Crippen LogP contribution is -2.35. The van der Waals surface area contributed by atoms with Gasteiger partial charge >= 0.3 is 5.97 Å². The first-order valence-electron chi connectivity index (χ1n) is 6.21. The molecule has 0 bridgehead atoms. The Bertz CT molecular complexity index is 595. The van der Waals surface area contributed by atoms with Crippen molar-refractivity contribution < 1.29 is 24.0 Å². The van der Waals surface area contributed by atoms with E-state index in [0.717, 1.165) is 0 Å². The van der Waals surface area contributed by atoms with E-state index in [4.69, 9.17) is 4.74 Å². The van der Waals surface area contributed by atoms with Crippen molar-refractivity contribution in [3.05, 3.63) is 39.9 Å². The third kappa shape index (κ3) is 3.62. The number of ketones is 1. The molecule has 0 aliphatic carbocycles. The number of amides is 1. The Hall–Kier alpha value is -2.77. The Morgan fingerprint density at radius 2 is 2.00 bits per heavy atom. The van der Waals surface area contributed by atoms with Crippen LogP contribution in [0.2, 0.25) is 0 Å². The molecule has 0 spiro atoms. The highest BCUT2D eigenvalue weighted by Crippen LogP contribution is 2.13. The normalized spacial score (nSPS) is 17.1. The van der Waals surface area contributed by atoms with E-state index >= 15 is 0 Å². The topological polar surface area (TPSA) is 116 Å². The van der Waals surface area contributed by atoms with Crippen molar-refractivity contribution in [2.45, 2.75) is 18.9 Å². The fourth-order valence-electron chi connectivity index (χ4n) is 1.88. The van der Waals surface area contributed by atoms with Crippen LogP contribution >= 0.6 is 0 Å². The van der Waals surface area contributed by atoms with Gasteiger partial charge in [0.1, 0.15) is 6.04 Å². The van der Waals surface area contributed by atoms with Crippen LogP contribution in [0.15, 0.2) is 24.3 Å². The molecule has 1 saturated heterocycles. The third-order valence-corrected chi connectivity index (χ3v) is 3.03. The summed E-state index contributed by atoms with van der Waals surface area (Å²) in [5, 5.41) is 12.9. The van der Waals surface area contributed by atoms with Crippen molar-refractivity contribution in [1.29, 1.82) is 0 Å². The van der Waals surface area contributed by atoms with Crippen molar-refractivity contribution in [2.75, 3.05) is 6.61 Å². The number of esters is 1. The van der Waals surface area contributed by atoms with Crippen LogP contribution in [0.5, 0.6) is 0 Å². The first-order chi connectivity index (χ1) is 9.97. The molecule has 1 aliphatic heterocycles. The highest BCUT2D eigenvalue weighted by atomic mass is 16.6. The van der Waals surface area contributed by atoms with E-state index < -0.39 is 29.3 Å². The summed E-state index contributed by atoms with van der Waals surface area (Å²) in [4.78, 5) is 44.2. The van der Waals surface area contributed by atoms with E-state index in [1.54, 1.807) is 0 Å². The number of benzene rings is 1. The minimum absolute atomic E-state index is 0.128. The third-order valence-electron chi connectivity index (χ3n) is 3.03. The quantitative estimate of drug-likeness (QED) is 0.367. The minimum atomic E-state index is -0.706. The van der Waals surface area contributed by atoms with Crippen molar-refractivity contribution in [2.24, 2.45) is 0 Å². The summed E-state index contributed by atoms with van der Waals surface area (Å²) in [7, 11) is 0. The van der Waals surface area contributed by atoms with Gasteiger partial charge in [-0.05, 0) is 18.6 Å². The Kier molecular flexibility index (Phi) is 4.27. The Morgan fingerprint density at radius 3 is 2.52 bits per heavy atom. The largest absolute Gasteiger partial charge is 0.456 e. The molecule has 1 heterocycles. The Labute approximate surface area is 119 Å². The van der Waals surface area contributed by atoms with Crippen LogP contribution in [0.4, 0.5) is 5.69 Å². The number of carbonyl (C=O) groups excluding carboxylic acids is 3. The van der Waals surface area contributed by atoms with E-state index in [9.17, 15) is 24.5 Å². The maximum absolute atomic E-state index is 11.8. The number of nitro groups is 1. The van der Waals surface area contributed by atoms with Crippen molar-refractivity contribution >= 4 is 23.3 Å². The maximum atomic E-state index is 11.8. The molecule has 1 aliphatic rings. The summed E-state index contributed by atoms with van der Waals surface area (Å²) in [5.41, 5.74) is 0.0843. The van der Waals surface area contributed by atoms with Gasteiger partial charge in [-0.25, -0.2) is 4.79 Å². The number of nitro benzene ring substituents is 1. The zero-order valence-electron chi connectivity index (χ0n) is 10.9. The molecule has 0 aromatic heterocycles. The number of carbonyl (C=O) groups is 3. The molecule has 0 radical (unpaired) electrons. The number of hydrogen-bond acceptors (Lipinski definition) is 6. The standard InChI is InChI=1S/C13H12N2O6/c16-11(8-1-3-9(4-2-8)15(19)20)7-21-13(18)10-5-6-12(17)14-10/h1-4,10H,5-7H2,(H,14,17)/t10-/m1/s1. The van der Waals surface area contributed by atoms with E-state index in [0.29, 0.717) is 6.42 Å². The van der Waals surface area contributed by atoms with Gasteiger partial charge < -0.3 is 10.1 Å². The number of nitrogens with one attached hydrogen (secondary N) is 1. The zero-order chi connectivity index (χ0) is 15.4. The molecule has 21 heavy (non-hydrogen) atoms. The van der Waals surface area contributed by atoms with Crippen LogP contribution in [0.25, 0.3) is 0 Å². The second-order valence-corrected chi connectivity index (χ2v) is 4.49. The Balaban J connectivity index is 1.88. The highest BCUT2D eigenvalue weighted by Gasteiger charge is 2.28. The lowest BCUT2D eigenvalue weighted by molar-refractivity contribution is -0.384. The summed E-state index contributed by atoms with van der Waals surface area (Å²) in [6, 6.07) is 4.29. The van der Waals surface area contributed by atoms with E-state index in [1.807, 2.05) is 0 Å². The lowest BCUT2D eigenvalue weighted by atomic mass is 10.1. The molecular weight excluding hydrogens is 280 g/mol. The summed E-state index contributed by atoms with van der Waals surface area (Å²) >= 11 is 0. The van der Waals surface area contributed by atoms with Gasteiger partial charge in [-0.1, -0.05) is 0 Å². The Morgan fingerprint density at radius 1 is 1.33 bits per heavy atom. The first-order valence-corrected chi connectivity index (χ1v) is 6.21. The van der Waals surface area contributed by atoms with E-state index in [2.05, 4.69) is 5.32 Å². The van der Waals surface area contributed by atoms with Crippen molar-refractivity contribution in [3.8, 4) is 0 Å². The zero-order valence-corrected chi connectivity index (χ0v) is 10.9. The number of rotatable bonds is 5. The van der Waals surface area contributed by atoms with Crippen LogP contribution < -0.4 is 5.32 Å². The molecule has 1 amide bonds. The second kappa shape index (κ2) is 6.12. The van der Waals surface area contributed by atoms with Gasteiger partial charge in [-0.15, -0.1) is 0 Å². The minimum Gasteiger partial charge on any atom is -0.456 e. The number of hydrogen-bond donors (Lipinski definition) is 1. The van der Waals surface area contributed by atoms with Gasteiger partial charge in [-0.2, -0.15) is 0 Å². The summed E-state index contributed by atoms with van der Waals surface area (Å²) in [5.74, 6) is -1.35. The highest BCUT2D eigenvalue weighted by molar-refractivity contribution is 5.98. The summed E-state index contributed by atoms with van der Waals surface area (Å²) in [6.07, 6.45) is 0.611. The molecule has 2 rings (SSSR count). The van der Waals surface area contributed by atoms with Gasteiger partial charge in [0.15, 0.2) is 12.4 Å². The lowest BCUT2D eigenvalue weighted by Gasteiger charge is -2.09. The van der Waals surface area contributed by atoms with Gasteiger partial charge in [-0.3, -0.25) is 19.7 Å². The molecule has 1 atom stereocenters. The van der Waals surface area contributed by atoms with Gasteiger partial charge in [0.05, 0.1) is 4.92 Å². The summed E-state index contributed by atoms with van der Waals surface area (Å²) in [6.45, 7) is -0.469. The maximum Gasteiger partial charge on any atom is 0.329 e. The fraction of sp³-hybridized carbons (Fsp3) is 0.308. The average Bonchev–Trinajstić information content (AvgIpc) is 2.91. The number of non-ortho nitro benzene ring substituents is 1. The van der Waals surface area contributed by atoms with Crippen molar-refractivity contribution in [1.82, 2.24) is 5.32 Å². The van der Waals surface area contributed by atoms with Gasteiger partial charge in [0, 0.05) is 24.1 Å². The van der Waals surface area contributed by atoms with E-state index in [-0.39, 0.29) is 23.6 Å². The van der Waals surface area contributed by atoms with Gasteiger partial charge in [0.2, 0.25) is 5.91 Å². The SMILES string of the molecule is O=C1CC[C@H](C(=O)OCC(=O)c2ccc([N+](=O)[O-])cc2)N1. The van der Waals surface area contributed by atoms with Crippen LogP contribution in [-0.2, 0) is 14.3 Å². The molecule has 0 unspecified atom stereocenters. The number of Topliss-reactive ketones (excluding diaryl/α,β-unsaturated/α-hetero) is 1. The summed E-state index contributed by atoms with van der Waals surface area (Å²) < 4.78 is 4.83. The predicted octanol–water partition coefficient (Wildman–Crippen LogP) is 0.599. The molecule has 0 saturated carbocycles. The molecule has 1 aromatic carbocycles.